The Morgan fingerprint density at radius 1 is 0.935 bits per heavy atom. The molecule has 0 bridgehead atoms. The van der Waals surface area contributed by atoms with Gasteiger partial charge in [-0.2, -0.15) is 0 Å². The second kappa shape index (κ2) is 16.9. The van der Waals surface area contributed by atoms with Crippen molar-refractivity contribution < 1.29 is 53.2 Å². The van der Waals surface area contributed by atoms with Crippen LogP contribution in [0.5, 0.6) is 0 Å². The van der Waals surface area contributed by atoms with E-state index in [1.165, 1.54) is 13.8 Å². The quantitative estimate of drug-likeness (QED) is 0.185. The highest BCUT2D eigenvalue weighted by molar-refractivity contribution is 6.13. The van der Waals surface area contributed by atoms with Crippen LogP contribution in [0.25, 0.3) is 0 Å². The molecule has 1 unspecified atom stereocenters. The number of benzene rings is 2. The third kappa shape index (κ3) is 7.76. The zero-order valence-electron chi connectivity index (χ0n) is 34.9. The summed E-state index contributed by atoms with van der Waals surface area (Å²) in [6, 6.07) is 13.0. The molecule has 15 nitrogen and oxygen atoms in total. The Morgan fingerprint density at radius 3 is 2.39 bits per heavy atom. The fraction of sp³-hybridized carbons (Fsp3) is 0.468. The molecule has 5 amide bonds. The Hall–Kier alpha value is -5.61. The van der Waals surface area contributed by atoms with E-state index in [9.17, 15) is 43.8 Å². The number of rotatable bonds is 13. The number of hydrogen-bond acceptors (Lipinski definition) is 11. The lowest BCUT2D eigenvalue weighted by Crippen LogP contribution is -2.62. The molecule has 2 aromatic carbocycles. The minimum absolute atomic E-state index is 0.0108. The predicted octanol–water partition coefficient (Wildman–Crippen LogP) is 2.75. The number of aliphatic hydroxyl groups is 2. The lowest BCUT2D eigenvalue weighted by molar-refractivity contribution is -0.197. The second-order valence-corrected chi connectivity index (χ2v) is 17.7. The number of hydrogen-bond donors (Lipinski definition) is 5. The number of anilines is 1. The van der Waals surface area contributed by atoms with E-state index < -0.39 is 83.5 Å². The molecule has 2 aromatic rings. The summed E-state index contributed by atoms with van der Waals surface area (Å²) >= 11 is 0. The molecule has 0 radical (unpaired) electrons. The van der Waals surface area contributed by atoms with E-state index in [2.05, 4.69) is 16.0 Å². The molecule has 1 saturated heterocycles. The van der Waals surface area contributed by atoms with Crippen LogP contribution in [0.15, 0.2) is 84.5 Å². The van der Waals surface area contributed by atoms with Gasteiger partial charge in [0.1, 0.15) is 18.7 Å². The molecule has 2 heterocycles. The van der Waals surface area contributed by atoms with Gasteiger partial charge >= 0.3 is 0 Å². The van der Waals surface area contributed by atoms with Crippen LogP contribution >= 0.6 is 0 Å². The van der Waals surface area contributed by atoms with Gasteiger partial charge in [0, 0.05) is 47.7 Å². The fourth-order valence-corrected chi connectivity index (χ4v) is 11.1. The minimum atomic E-state index is -1.44. The number of Topliss-reactive ketones (excluding diaryl/α,β-unsaturated/α-hetero) is 1. The summed E-state index contributed by atoms with van der Waals surface area (Å²) in [7, 11) is 0. The van der Waals surface area contributed by atoms with Crippen LogP contribution < -0.4 is 16.0 Å². The van der Waals surface area contributed by atoms with Gasteiger partial charge in [-0.05, 0) is 99.1 Å². The standard InChI is InChI=1S/C47H52N4O11/c1-25(48-39(56)17-18-51-40(57)15-16-41(51)58)43(59)49-26(2)44(60)50-31-6-4-5-28(20-31)19-27-7-9-29(10-8-27)45-61-38-22-35-34-13-11-30-21-32(53)12-14-33(30)42(34)36(54)23-46(35,3)47(38,62-45)37(55)24-52/h4-10,12,14-16,20-21,25-26,33-36,38,42,45,52,54H,11,13,17-19,22-24H2,1-3H3,(H,48,56)(H,49,59)(H,50,60)/t25-,26-,33?,34-,35-,36-,38+,42+,45+,46-,47+/m0/s1. The molecule has 3 saturated carbocycles. The largest absolute Gasteiger partial charge is 0.393 e. The molecule has 2 aliphatic heterocycles. The normalized spacial score (nSPS) is 31.6. The number of nitrogens with one attached hydrogen (secondary N) is 3. The molecule has 15 heteroatoms. The number of carbonyl (C=O) groups is 7. The van der Waals surface area contributed by atoms with Gasteiger partial charge in [0.25, 0.3) is 11.8 Å². The number of amides is 5. The van der Waals surface area contributed by atoms with Crippen molar-refractivity contribution in [2.75, 3.05) is 18.5 Å². The van der Waals surface area contributed by atoms with E-state index >= 15 is 0 Å². The monoisotopic (exact) mass is 848 g/mol. The van der Waals surface area contributed by atoms with E-state index in [1.54, 1.807) is 18.2 Å². The van der Waals surface area contributed by atoms with Crippen molar-refractivity contribution in [1.82, 2.24) is 15.5 Å². The summed E-state index contributed by atoms with van der Waals surface area (Å²) in [5.74, 6) is -3.05. The zero-order chi connectivity index (χ0) is 44.1. The van der Waals surface area contributed by atoms with Gasteiger partial charge in [-0.3, -0.25) is 38.5 Å². The molecular weight excluding hydrogens is 797 g/mol. The third-order valence-corrected chi connectivity index (χ3v) is 14.1. The summed E-state index contributed by atoms with van der Waals surface area (Å²) in [4.78, 5) is 88.5. The van der Waals surface area contributed by atoms with E-state index in [0.29, 0.717) is 30.5 Å². The van der Waals surface area contributed by atoms with Gasteiger partial charge in [0.05, 0.1) is 12.2 Å². The number of imide groups is 1. The van der Waals surface area contributed by atoms with Crippen LogP contribution in [0, 0.1) is 29.1 Å². The number of nitrogens with zero attached hydrogens (tertiary/aromatic N) is 1. The first kappa shape index (κ1) is 43.1. The smallest absolute Gasteiger partial charge is 0.253 e. The Balaban J connectivity index is 0.862. The van der Waals surface area contributed by atoms with Gasteiger partial charge in [-0.15, -0.1) is 0 Å². The molecule has 6 aliphatic rings. The summed E-state index contributed by atoms with van der Waals surface area (Å²) in [6.07, 6.45) is 8.03. The number of allylic oxidation sites excluding steroid dienone is 4. The predicted molar refractivity (Wildman–Crippen MR) is 222 cm³/mol. The van der Waals surface area contributed by atoms with E-state index in [1.807, 2.05) is 55.5 Å². The first-order chi connectivity index (χ1) is 29.6. The van der Waals surface area contributed by atoms with Crippen molar-refractivity contribution in [2.24, 2.45) is 29.1 Å². The van der Waals surface area contributed by atoms with Crippen LogP contribution in [-0.2, 0) is 49.5 Å². The Labute approximate surface area is 359 Å². The SMILES string of the molecule is C[C@H](NC(=O)CCN1C(=O)C=CC1=O)C(=O)N[C@@H](C)C(=O)Nc1cccc(Cc2ccc([C@@H]3O[C@@H]4C[C@H]5[C@@H]6CCC7=CC(=O)C=CC7[C@H]6[C@@H](O)C[C@]5(C)[C@]4(C(=O)CO)O3)cc2)c1. The van der Waals surface area contributed by atoms with E-state index in [-0.39, 0.29) is 42.4 Å². The molecule has 4 aliphatic carbocycles. The number of ether oxygens (including phenoxy) is 2. The van der Waals surface area contributed by atoms with Gasteiger partial charge in [0.2, 0.25) is 17.7 Å². The Kier molecular flexibility index (Phi) is 11.8. The van der Waals surface area contributed by atoms with Crippen molar-refractivity contribution in [3.8, 4) is 0 Å². The molecule has 0 aromatic heterocycles. The van der Waals surface area contributed by atoms with Crippen LogP contribution in [0.4, 0.5) is 5.69 Å². The molecule has 11 atom stereocenters. The van der Waals surface area contributed by atoms with Crippen LogP contribution in [0.1, 0.15) is 75.9 Å². The molecule has 0 spiro atoms. The number of ketones is 2. The highest BCUT2D eigenvalue weighted by Gasteiger charge is 2.75. The van der Waals surface area contributed by atoms with Crippen molar-refractivity contribution in [1.29, 1.82) is 0 Å². The molecule has 8 rings (SSSR count). The molecule has 326 valence electrons. The van der Waals surface area contributed by atoms with Crippen molar-refractivity contribution >= 4 is 46.8 Å². The second-order valence-electron chi connectivity index (χ2n) is 17.7. The molecule has 4 fully saturated rings. The van der Waals surface area contributed by atoms with Crippen LogP contribution in [0.3, 0.4) is 0 Å². The molecule has 5 N–H and O–H groups in total. The maximum absolute atomic E-state index is 13.9. The lowest BCUT2D eigenvalue weighted by atomic mass is 9.49. The van der Waals surface area contributed by atoms with E-state index in [4.69, 9.17) is 9.47 Å². The molecular formula is C47H52N4O11. The first-order valence-electron chi connectivity index (χ1n) is 21.3. The van der Waals surface area contributed by atoms with Crippen molar-refractivity contribution in [3.63, 3.8) is 0 Å². The number of fused-ring (bicyclic) bond motifs is 7. The summed E-state index contributed by atoms with van der Waals surface area (Å²) in [5.41, 5.74) is 1.93. The summed E-state index contributed by atoms with van der Waals surface area (Å²) < 4.78 is 13.3. The number of carbonyl (C=O) groups excluding carboxylic acids is 7. The minimum Gasteiger partial charge on any atom is -0.393 e. The number of aliphatic hydroxyl groups excluding tert-OH is 2. The molecule has 62 heavy (non-hydrogen) atoms. The van der Waals surface area contributed by atoms with Crippen LogP contribution in [0.2, 0.25) is 0 Å². The maximum Gasteiger partial charge on any atom is 0.253 e. The van der Waals surface area contributed by atoms with Gasteiger partial charge < -0.3 is 35.6 Å². The average Bonchev–Trinajstić information content (AvgIpc) is 3.87. The Morgan fingerprint density at radius 2 is 1.66 bits per heavy atom. The third-order valence-electron chi connectivity index (χ3n) is 14.1. The first-order valence-corrected chi connectivity index (χ1v) is 21.3. The van der Waals surface area contributed by atoms with Crippen molar-refractivity contribution in [2.45, 2.75) is 95.5 Å². The lowest BCUT2D eigenvalue weighted by Gasteiger charge is -2.56. The Bertz CT molecular complexity index is 2270. The van der Waals surface area contributed by atoms with Gasteiger partial charge in [0.15, 0.2) is 23.5 Å². The highest BCUT2D eigenvalue weighted by Crippen LogP contribution is 2.69. The van der Waals surface area contributed by atoms with Crippen molar-refractivity contribution in [3.05, 3.63) is 101 Å². The zero-order valence-corrected chi connectivity index (χ0v) is 34.9. The van der Waals surface area contributed by atoms with Gasteiger partial charge in [-0.1, -0.05) is 55.0 Å². The van der Waals surface area contributed by atoms with Crippen LogP contribution in [-0.4, -0.2) is 99.3 Å². The van der Waals surface area contributed by atoms with E-state index in [0.717, 1.165) is 46.6 Å². The maximum atomic E-state index is 13.9. The summed E-state index contributed by atoms with van der Waals surface area (Å²) in [5, 5.41) is 30.0. The highest BCUT2D eigenvalue weighted by atomic mass is 16.7. The topological polar surface area (TPSA) is 218 Å². The average molecular weight is 849 g/mol. The van der Waals surface area contributed by atoms with Gasteiger partial charge in [-0.25, -0.2) is 0 Å². The summed E-state index contributed by atoms with van der Waals surface area (Å²) in [6.45, 7) is 4.17. The fourth-order valence-electron chi connectivity index (χ4n) is 11.1.